The maximum absolute atomic E-state index is 14.5. The molecule has 118 valence electrons. The van der Waals surface area contributed by atoms with E-state index in [1.807, 2.05) is 24.1 Å². The molecule has 3 atom stereocenters. The number of rotatable bonds is 6. The molecular weight excluding hydrogens is 267 g/mol. The first-order valence-electron chi connectivity index (χ1n) is 7.91. The molecule has 1 aliphatic rings. The van der Waals surface area contributed by atoms with Gasteiger partial charge in [0.05, 0.1) is 17.8 Å². The molecule has 2 rings (SSSR count). The molecular formula is C17H27FN2O. The fraction of sp³-hybridized carbons (Fsp3) is 0.647. The van der Waals surface area contributed by atoms with Crippen LogP contribution in [0.2, 0.25) is 0 Å². The van der Waals surface area contributed by atoms with Gasteiger partial charge in [-0.2, -0.15) is 0 Å². The predicted octanol–water partition coefficient (Wildman–Crippen LogP) is 3.50. The number of likely N-dealkylation sites (N-methyl/N-ethyl adjacent to an activating group) is 1. The number of halogens is 1. The summed E-state index contributed by atoms with van der Waals surface area (Å²) in [6, 6.07) is 5.98. The minimum absolute atomic E-state index is 0.152. The molecule has 1 heterocycles. The summed E-state index contributed by atoms with van der Waals surface area (Å²) in [5.41, 5.74) is 1.65. The third-order valence-electron chi connectivity index (χ3n) is 4.39. The van der Waals surface area contributed by atoms with Crippen molar-refractivity contribution in [2.45, 2.75) is 51.8 Å². The second-order valence-corrected chi connectivity index (χ2v) is 5.93. The molecule has 3 unspecified atom stereocenters. The lowest BCUT2D eigenvalue weighted by molar-refractivity contribution is 0.118. The Labute approximate surface area is 127 Å². The zero-order chi connectivity index (χ0) is 15.4. The van der Waals surface area contributed by atoms with Crippen molar-refractivity contribution in [3.05, 3.63) is 29.6 Å². The van der Waals surface area contributed by atoms with Crippen molar-refractivity contribution in [3.63, 3.8) is 0 Å². The summed E-state index contributed by atoms with van der Waals surface area (Å²) in [7, 11) is 1.95. The first-order chi connectivity index (χ1) is 10.0. The van der Waals surface area contributed by atoms with E-state index in [-0.39, 0.29) is 24.0 Å². The SMILES string of the molecule is CCCNC(C)c1ccc(N(C)C2CCOC2C)c(F)c1. The summed E-state index contributed by atoms with van der Waals surface area (Å²) < 4.78 is 20.0. The van der Waals surface area contributed by atoms with Gasteiger partial charge in [0.15, 0.2) is 0 Å². The van der Waals surface area contributed by atoms with Gasteiger partial charge in [0, 0.05) is 19.7 Å². The zero-order valence-electron chi connectivity index (χ0n) is 13.5. The molecule has 1 aliphatic heterocycles. The average molecular weight is 294 g/mol. The molecule has 0 spiro atoms. The Morgan fingerprint density at radius 2 is 2.24 bits per heavy atom. The zero-order valence-corrected chi connectivity index (χ0v) is 13.5. The Kier molecular flexibility index (Phi) is 5.59. The van der Waals surface area contributed by atoms with Crippen LogP contribution in [0.15, 0.2) is 18.2 Å². The monoisotopic (exact) mass is 294 g/mol. The number of hydrogen-bond donors (Lipinski definition) is 1. The van der Waals surface area contributed by atoms with E-state index in [2.05, 4.69) is 26.1 Å². The minimum atomic E-state index is -0.153. The van der Waals surface area contributed by atoms with E-state index in [0.29, 0.717) is 5.69 Å². The maximum Gasteiger partial charge on any atom is 0.146 e. The number of hydrogen-bond acceptors (Lipinski definition) is 3. The van der Waals surface area contributed by atoms with Crippen molar-refractivity contribution in [3.8, 4) is 0 Å². The van der Waals surface area contributed by atoms with Gasteiger partial charge in [0.1, 0.15) is 5.82 Å². The Bertz CT molecular complexity index is 466. The van der Waals surface area contributed by atoms with E-state index in [0.717, 1.165) is 31.6 Å². The first kappa shape index (κ1) is 16.2. The summed E-state index contributed by atoms with van der Waals surface area (Å²) in [5, 5.41) is 3.39. The third kappa shape index (κ3) is 3.74. The molecule has 0 aromatic heterocycles. The molecule has 0 amide bonds. The average Bonchev–Trinajstić information content (AvgIpc) is 2.90. The van der Waals surface area contributed by atoms with Crippen LogP contribution in [0.3, 0.4) is 0 Å². The van der Waals surface area contributed by atoms with Crippen LogP contribution in [0, 0.1) is 5.82 Å². The maximum atomic E-state index is 14.5. The van der Waals surface area contributed by atoms with Gasteiger partial charge >= 0.3 is 0 Å². The second-order valence-electron chi connectivity index (χ2n) is 5.93. The number of nitrogens with one attached hydrogen (secondary N) is 1. The van der Waals surface area contributed by atoms with Gasteiger partial charge in [-0.1, -0.05) is 13.0 Å². The van der Waals surface area contributed by atoms with Gasteiger partial charge < -0.3 is 15.0 Å². The molecule has 21 heavy (non-hydrogen) atoms. The quantitative estimate of drug-likeness (QED) is 0.869. The summed E-state index contributed by atoms with van der Waals surface area (Å²) >= 11 is 0. The van der Waals surface area contributed by atoms with Gasteiger partial charge in [0.25, 0.3) is 0 Å². The Balaban J connectivity index is 2.11. The van der Waals surface area contributed by atoms with Gasteiger partial charge in [-0.3, -0.25) is 0 Å². The van der Waals surface area contributed by atoms with E-state index in [9.17, 15) is 4.39 Å². The topological polar surface area (TPSA) is 24.5 Å². The lowest BCUT2D eigenvalue weighted by Gasteiger charge is -2.29. The van der Waals surface area contributed by atoms with Gasteiger partial charge in [-0.25, -0.2) is 4.39 Å². The van der Waals surface area contributed by atoms with Crippen LogP contribution in [0.4, 0.5) is 10.1 Å². The molecule has 0 radical (unpaired) electrons. The fourth-order valence-electron chi connectivity index (χ4n) is 2.96. The lowest BCUT2D eigenvalue weighted by atomic mass is 10.1. The summed E-state index contributed by atoms with van der Waals surface area (Å²) in [5.74, 6) is -0.153. The van der Waals surface area contributed by atoms with E-state index in [1.165, 1.54) is 0 Å². The molecule has 1 aromatic carbocycles. The van der Waals surface area contributed by atoms with Crippen molar-refractivity contribution < 1.29 is 9.13 Å². The molecule has 0 saturated carbocycles. The Morgan fingerprint density at radius 3 is 2.81 bits per heavy atom. The highest BCUT2D eigenvalue weighted by Gasteiger charge is 2.29. The second kappa shape index (κ2) is 7.23. The predicted molar refractivity (Wildman–Crippen MR) is 85.3 cm³/mol. The van der Waals surface area contributed by atoms with Gasteiger partial charge in [-0.15, -0.1) is 0 Å². The van der Waals surface area contributed by atoms with Crippen molar-refractivity contribution in [2.75, 3.05) is 25.1 Å². The minimum Gasteiger partial charge on any atom is -0.376 e. The molecule has 3 nitrogen and oxygen atoms in total. The number of ether oxygens (including phenoxy) is 1. The van der Waals surface area contributed by atoms with Crippen LogP contribution in [0.25, 0.3) is 0 Å². The van der Waals surface area contributed by atoms with Crippen LogP contribution >= 0.6 is 0 Å². The highest BCUT2D eigenvalue weighted by atomic mass is 19.1. The molecule has 0 aliphatic carbocycles. The Hall–Kier alpha value is -1.13. The van der Waals surface area contributed by atoms with E-state index < -0.39 is 0 Å². The van der Waals surface area contributed by atoms with Crippen LogP contribution in [-0.4, -0.2) is 32.3 Å². The summed E-state index contributed by atoms with van der Waals surface area (Å²) in [4.78, 5) is 2.01. The molecule has 0 bridgehead atoms. The fourth-order valence-corrected chi connectivity index (χ4v) is 2.96. The van der Waals surface area contributed by atoms with Crippen LogP contribution in [0.1, 0.15) is 45.2 Å². The number of benzene rings is 1. The lowest BCUT2D eigenvalue weighted by Crippen LogP contribution is -2.37. The Morgan fingerprint density at radius 1 is 1.48 bits per heavy atom. The molecule has 1 fully saturated rings. The summed E-state index contributed by atoms with van der Waals surface area (Å²) in [6.07, 6.45) is 2.18. The van der Waals surface area contributed by atoms with Crippen LogP contribution in [-0.2, 0) is 4.74 Å². The van der Waals surface area contributed by atoms with Crippen molar-refractivity contribution in [2.24, 2.45) is 0 Å². The highest BCUT2D eigenvalue weighted by Crippen LogP contribution is 2.28. The van der Waals surface area contributed by atoms with Crippen molar-refractivity contribution in [1.82, 2.24) is 5.32 Å². The molecule has 1 N–H and O–H groups in total. The van der Waals surface area contributed by atoms with E-state index in [1.54, 1.807) is 6.07 Å². The molecule has 1 saturated heterocycles. The van der Waals surface area contributed by atoms with Gasteiger partial charge in [-0.05, 0) is 50.9 Å². The van der Waals surface area contributed by atoms with E-state index in [4.69, 9.17) is 4.74 Å². The van der Waals surface area contributed by atoms with Crippen LogP contribution in [0.5, 0.6) is 0 Å². The van der Waals surface area contributed by atoms with Crippen molar-refractivity contribution in [1.29, 1.82) is 0 Å². The largest absolute Gasteiger partial charge is 0.376 e. The smallest absolute Gasteiger partial charge is 0.146 e. The van der Waals surface area contributed by atoms with E-state index >= 15 is 0 Å². The summed E-state index contributed by atoms with van der Waals surface area (Å²) in [6.45, 7) is 7.95. The third-order valence-corrected chi connectivity index (χ3v) is 4.39. The van der Waals surface area contributed by atoms with Gasteiger partial charge in [0.2, 0.25) is 0 Å². The molecule has 1 aromatic rings. The molecule has 4 heteroatoms. The van der Waals surface area contributed by atoms with Crippen LogP contribution < -0.4 is 10.2 Å². The standard InChI is InChI=1S/C17H27FN2O/c1-5-9-19-12(2)14-6-7-17(15(18)11-14)20(4)16-8-10-21-13(16)3/h6-7,11-13,16,19H,5,8-10H2,1-4H3. The number of anilines is 1. The van der Waals surface area contributed by atoms with Crippen molar-refractivity contribution >= 4 is 5.69 Å². The number of nitrogens with zero attached hydrogens (tertiary/aromatic N) is 1. The highest BCUT2D eigenvalue weighted by molar-refractivity contribution is 5.50. The first-order valence-corrected chi connectivity index (χ1v) is 7.91. The normalized spacial score (nSPS) is 23.3.